The van der Waals surface area contributed by atoms with Crippen molar-refractivity contribution in [1.29, 1.82) is 0 Å². The van der Waals surface area contributed by atoms with Crippen LogP contribution in [0.1, 0.15) is 66.2 Å². The van der Waals surface area contributed by atoms with Crippen LogP contribution in [-0.4, -0.2) is 80.9 Å². The smallest absolute Gasteiger partial charge is 0.147 e. The van der Waals surface area contributed by atoms with Crippen LogP contribution in [0.2, 0.25) is 12.1 Å². The van der Waals surface area contributed by atoms with E-state index in [9.17, 15) is 0 Å². The van der Waals surface area contributed by atoms with E-state index in [4.69, 9.17) is 30.4 Å². The van der Waals surface area contributed by atoms with E-state index in [-0.39, 0.29) is 30.2 Å². The Balaban J connectivity index is 3.33. The number of nitrogens with two attached hydrogens (primary N) is 2. The van der Waals surface area contributed by atoms with Crippen LogP contribution in [0, 0.1) is 0 Å². The molecule has 0 unspecified atom stereocenters. The van der Waals surface area contributed by atoms with Crippen LogP contribution in [-0.2, 0) is 18.9 Å². The minimum Gasteiger partial charge on any atom is -0.359 e. The summed E-state index contributed by atoms with van der Waals surface area (Å²) >= 11 is 0. The van der Waals surface area contributed by atoms with E-state index in [1.807, 2.05) is 21.6 Å². The Labute approximate surface area is 210 Å². The summed E-state index contributed by atoms with van der Waals surface area (Å²) in [7, 11) is 3.80. The Morgan fingerprint density at radius 1 is 0.656 bits per heavy atom. The van der Waals surface area contributed by atoms with Gasteiger partial charge >= 0.3 is 0 Å². The molecule has 0 saturated heterocycles. The predicted octanol–water partition coefficient (Wildman–Crippen LogP) is 3.25. The fraction of sp³-hybridized carbons (Fsp3) is 1.00. The highest BCUT2D eigenvalue weighted by molar-refractivity contribution is 8.76. The van der Waals surface area contributed by atoms with Gasteiger partial charge in [-0.2, -0.15) is 0 Å². The second kappa shape index (κ2) is 22.4. The molecule has 0 aliphatic heterocycles. The maximum absolute atomic E-state index is 5.88. The molecule has 0 fully saturated rings. The molecule has 6 nitrogen and oxygen atoms in total. The van der Waals surface area contributed by atoms with Gasteiger partial charge in [0.25, 0.3) is 0 Å². The molecule has 0 saturated carbocycles. The molecule has 4 N–H and O–H groups in total. The Bertz CT molecular complexity index is 356. The standard InChI is InChI=1S/C22H52N2O4S2Si2/c1-5-21(6-2,15-23)27-17-25-19-31-13-9-11-29-30-12-10-14-32-20-26-18-28-22(7-3,8-4)16-24/h5-20,23-24,31-32H2,1-4H3. The van der Waals surface area contributed by atoms with E-state index < -0.39 is 0 Å². The lowest BCUT2D eigenvalue weighted by Gasteiger charge is -2.30. The van der Waals surface area contributed by atoms with Crippen molar-refractivity contribution in [2.75, 3.05) is 50.6 Å². The highest BCUT2D eigenvalue weighted by atomic mass is 33.1. The van der Waals surface area contributed by atoms with Crippen LogP contribution in [0.25, 0.3) is 0 Å². The van der Waals surface area contributed by atoms with Gasteiger partial charge in [-0.25, -0.2) is 0 Å². The monoisotopic (exact) mass is 528 g/mol. The molecule has 0 rings (SSSR count). The van der Waals surface area contributed by atoms with Gasteiger partial charge in [0.2, 0.25) is 0 Å². The summed E-state index contributed by atoms with van der Waals surface area (Å²) < 4.78 is 23.1. The first kappa shape index (κ1) is 32.9. The Morgan fingerprint density at radius 3 is 1.34 bits per heavy atom. The molecule has 10 heteroatoms. The van der Waals surface area contributed by atoms with Gasteiger partial charge < -0.3 is 30.4 Å². The Kier molecular flexibility index (Phi) is 23.0. The van der Waals surface area contributed by atoms with Gasteiger partial charge in [0.1, 0.15) is 13.6 Å². The molecule has 0 aliphatic rings. The molecule has 0 radical (unpaired) electrons. The Morgan fingerprint density at radius 2 is 1.03 bits per heavy atom. The molecule has 0 aromatic heterocycles. The molecule has 32 heavy (non-hydrogen) atoms. The molecule has 0 amide bonds. The lowest BCUT2D eigenvalue weighted by atomic mass is 9.98. The summed E-state index contributed by atoms with van der Waals surface area (Å²) in [5.41, 5.74) is 11.3. The summed E-state index contributed by atoms with van der Waals surface area (Å²) in [6.45, 7) is 10.4. The largest absolute Gasteiger partial charge is 0.359 e. The van der Waals surface area contributed by atoms with Gasteiger partial charge in [-0.05, 0) is 38.5 Å². The van der Waals surface area contributed by atoms with Gasteiger partial charge in [0.15, 0.2) is 0 Å². The maximum atomic E-state index is 5.88. The molecule has 0 heterocycles. The summed E-state index contributed by atoms with van der Waals surface area (Å²) in [5.74, 6) is 2.51. The van der Waals surface area contributed by atoms with E-state index >= 15 is 0 Å². The lowest BCUT2D eigenvalue weighted by molar-refractivity contribution is -0.134. The second-order valence-electron chi connectivity index (χ2n) is 8.29. The van der Waals surface area contributed by atoms with Gasteiger partial charge in [-0.3, -0.25) is 0 Å². The van der Waals surface area contributed by atoms with E-state index in [2.05, 4.69) is 27.7 Å². The van der Waals surface area contributed by atoms with Crippen LogP contribution < -0.4 is 11.5 Å². The third-order valence-electron chi connectivity index (χ3n) is 6.33. The minimum atomic E-state index is -0.194. The lowest BCUT2D eigenvalue weighted by Crippen LogP contribution is -2.40. The van der Waals surface area contributed by atoms with Crippen molar-refractivity contribution < 1.29 is 18.9 Å². The minimum absolute atomic E-state index is 0.125. The first-order valence-electron chi connectivity index (χ1n) is 12.7. The van der Waals surface area contributed by atoms with Crippen molar-refractivity contribution in [3.8, 4) is 0 Å². The molecule has 194 valence electrons. The van der Waals surface area contributed by atoms with Crippen LogP contribution in [0.15, 0.2) is 0 Å². The Hall–Kier alpha value is 0.894. The van der Waals surface area contributed by atoms with E-state index in [0.717, 1.165) is 38.1 Å². The zero-order valence-electron chi connectivity index (χ0n) is 21.3. The van der Waals surface area contributed by atoms with Crippen molar-refractivity contribution in [2.45, 2.75) is 89.5 Å². The molecule has 0 bridgehead atoms. The quantitative estimate of drug-likeness (QED) is 0.0808. The molecular formula is C22H52N2O4S2Si2. The fourth-order valence-electron chi connectivity index (χ4n) is 3.26. The summed E-state index contributed by atoms with van der Waals surface area (Å²) in [6, 6.07) is 2.70. The zero-order valence-corrected chi connectivity index (χ0v) is 25.8. The van der Waals surface area contributed by atoms with Gasteiger partial charge in [-0.1, -0.05) is 61.4 Å². The normalized spacial score (nSPS) is 13.3. The van der Waals surface area contributed by atoms with Crippen molar-refractivity contribution in [2.24, 2.45) is 11.5 Å². The average Bonchev–Trinajstić information content (AvgIpc) is 2.84. The third kappa shape index (κ3) is 15.7. The van der Waals surface area contributed by atoms with Crippen molar-refractivity contribution in [3.63, 3.8) is 0 Å². The molecule has 0 aromatic carbocycles. The van der Waals surface area contributed by atoms with Gasteiger partial charge in [0, 0.05) is 37.1 Å². The predicted molar refractivity (Wildman–Crippen MR) is 149 cm³/mol. The van der Waals surface area contributed by atoms with E-state index in [0.29, 0.717) is 26.7 Å². The van der Waals surface area contributed by atoms with Crippen LogP contribution >= 0.6 is 21.6 Å². The topological polar surface area (TPSA) is 89.0 Å². The first-order chi connectivity index (χ1) is 15.6. The maximum Gasteiger partial charge on any atom is 0.147 e. The van der Waals surface area contributed by atoms with Gasteiger partial charge in [0.05, 0.1) is 30.2 Å². The summed E-state index contributed by atoms with van der Waals surface area (Å²) in [5, 5.41) is 0. The van der Waals surface area contributed by atoms with E-state index in [1.54, 1.807) is 0 Å². The van der Waals surface area contributed by atoms with Crippen molar-refractivity contribution >= 4 is 40.6 Å². The zero-order chi connectivity index (χ0) is 24.0. The molecule has 0 aromatic rings. The van der Waals surface area contributed by atoms with Crippen LogP contribution in [0.4, 0.5) is 0 Å². The highest BCUT2D eigenvalue weighted by Gasteiger charge is 2.25. The number of hydrogen-bond acceptors (Lipinski definition) is 8. The number of ether oxygens (including phenoxy) is 4. The highest BCUT2D eigenvalue weighted by Crippen LogP contribution is 2.24. The first-order valence-corrected chi connectivity index (χ1v) is 19.1. The summed E-state index contributed by atoms with van der Waals surface area (Å²) in [6.07, 6.45) is 8.20. The van der Waals surface area contributed by atoms with Crippen molar-refractivity contribution in [1.82, 2.24) is 0 Å². The number of rotatable bonds is 25. The van der Waals surface area contributed by atoms with Crippen molar-refractivity contribution in [3.05, 3.63) is 0 Å². The molecular weight excluding hydrogens is 477 g/mol. The fourth-order valence-corrected chi connectivity index (χ4v) is 8.53. The number of hydrogen-bond donors (Lipinski definition) is 2. The van der Waals surface area contributed by atoms with Gasteiger partial charge in [-0.15, -0.1) is 0 Å². The third-order valence-corrected chi connectivity index (χ3v) is 12.1. The summed E-state index contributed by atoms with van der Waals surface area (Å²) in [4.78, 5) is 0. The molecule has 0 atom stereocenters. The second-order valence-corrected chi connectivity index (χ2v) is 14.6. The van der Waals surface area contributed by atoms with Crippen LogP contribution in [0.3, 0.4) is 0 Å². The van der Waals surface area contributed by atoms with E-state index in [1.165, 1.54) is 36.4 Å². The molecule has 0 spiro atoms. The average molecular weight is 529 g/mol. The van der Waals surface area contributed by atoms with Crippen LogP contribution in [0.5, 0.6) is 0 Å². The molecule has 0 aliphatic carbocycles. The SMILES string of the molecule is CCC(CC)(CN)OCOC[SiH2]CCCSSCCC[SiH2]COCOC(CC)(CC)CN.